The first-order chi connectivity index (χ1) is 8.07. The van der Waals surface area contributed by atoms with Crippen molar-refractivity contribution in [2.24, 2.45) is 5.41 Å². The molecule has 4 heteroatoms. The van der Waals surface area contributed by atoms with Crippen molar-refractivity contribution in [3.63, 3.8) is 0 Å². The van der Waals surface area contributed by atoms with E-state index in [1.54, 1.807) is 0 Å². The molecule has 1 fully saturated rings. The Morgan fingerprint density at radius 2 is 1.94 bits per heavy atom. The summed E-state index contributed by atoms with van der Waals surface area (Å²) in [4.78, 5) is 1.44. The lowest BCUT2D eigenvalue weighted by molar-refractivity contribution is 0.152. The highest BCUT2D eigenvalue weighted by Crippen LogP contribution is 2.48. The molecule has 0 bridgehead atoms. The van der Waals surface area contributed by atoms with Crippen LogP contribution in [0.15, 0.2) is 14.3 Å². The maximum Gasteiger partial charge on any atom is 0.0843 e. The molecule has 2 rings (SSSR count). The van der Waals surface area contributed by atoms with Gasteiger partial charge in [-0.3, -0.25) is 0 Å². The molecule has 0 saturated heterocycles. The van der Waals surface area contributed by atoms with Crippen molar-refractivity contribution in [3.8, 4) is 0 Å². The largest absolute Gasteiger partial charge is 0.312 e. The number of hydrogen-bond donors (Lipinski definition) is 1. The maximum atomic E-state index is 3.60. The average molecular weight is 381 g/mol. The molecule has 17 heavy (non-hydrogen) atoms. The van der Waals surface area contributed by atoms with Crippen LogP contribution in [0.25, 0.3) is 0 Å². The van der Waals surface area contributed by atoms with E-state index in [9.17, 15) is 0 Å². The van der Waals surface area contributed by atoms with Crippen molar-refractivity contribution in [2.45, 2.75) is 45.1 Å². The molecule has 1 unspecified atom stereocenters. The Bertz CT molecular complexity index is 363. The molecular weight excluding hydrogens is 362 g/mol. The van der Waals surface area contributed by atoms with Crippen LogP contribution in [0, 0.1) is 5.41 Å². The van der Waals surface area contributed by atoms with E-state index < -0.39 is 0 Å². The quantitative estimate of drug-likeness (QED) is 0.729. The topological polar surface area (TPSA) is 12.0 Å². The lowest BCUT2D eigenvalue weighted by Gasteiger charge is -2.40. The van der Waals surface area contributed by atoms with Gasteiger partial charge in [0.15, 0.2) is 0 Å². The molecule has 0 spiro atoms. The fourth-order valence-electron chi connectivity index (χ4n) is 2.99. The van der Waals surface area contributed by atoms with Crippen molar-refractivity contribution in [1.29, 1.82) is 0 Å². The summed E-state index contributed by atoms with van der Waals surface area (Å²) in [6.07, 6.45) is 6.84. The van der Waals surface area contributed by atoms with Crippen LogP contribution in [0.5, 0.6) is 0 Å². The predicted molar refractivity (Wildman–Crippen MR) is 82.7 cm³/mol. The van der Waals surface area contributed by atoms with Crippen molar-refractivity contribution in [3.05, 3.63) is 19.2 Å². The number of halogens is 2. The molecule has 0 radical (unpaired) electrons. The van der Waals surface area contributed by atoms with E-state index in [4.69, 9.17) is 0 Å². The Labute approximate surface area is 125 Å². The zero-order valence-electron chi connectivity index (χ0n) is 10.4. The Morgan fingerprint density at radius 3 is 2.41 bits per heavy atom. The van der Waals surface area contributed by atoms with E-state index >= 15 is 0 Å². The second-order valence-corrected chi connectivity index (χ2v) is 8.46. The predicted octanol–water partition coefficient (Wildman–Crippen LogP) is 5.50. The van der Waals surface area contributed by atoms with Gasteiger partial charge in [-0.1, -0.05) is 26.2 Å². The van der Waals surface area contributed by atoms with Gasteiger partial charge in [0.2, 0.25) is 0 Å². The molecule has 1 aromatic heterocycles. The van der Waals surface area contributed by atoms with E-state index in [0.717, 1.165) is 0 Å². The van der Waals surface area contributed by atoms with Crippen LogP contribution in [-0.2, 0) is 0 Å². The molecule has 1 saturated carbocycles. The lowest BCUT2D eigenvalue weighted by Crippen LogP contribution is -2.35. The number of rotatable bonds is 3. The van der Waals surface area contributed by atoms with E-state index in [1.165, 1.54) is 45.2 Å². The molecule has 1 heterocycles. The van der Waals surface area contributed by atoms with Gasteiger partial charge in [0.25, 0.3) is 0 Å². The Kier molecular flexibility index (Phi) is 4.73. The molecule has 1 atom stereocenters. The van der Waals surface area contributed by atoms with Crippen molar-refractivity contribution >= 4 is 43.2 Å². The molecule has 1 aliphatic carbocycles. The summed E-state index contributed by atoms with van der Waals surface area (Å²) in [6, 6.07) is 2.74. The summed E-state index contributed by atoms with van der Waals surface area (Å²) < 4.78 is 2.38. The molecule has 1 aliphatic rings. The van der Waals surface area contributed by atoms with Crippen LogP contribution in [0.4, 0.5) is 0 Å². The maximum absolute atomic E-state index is 3.60. The average Bonchev–Trinajstić information content (AvgIpc) is 2.60. The van der Waals surface area contributed by atoms with Gasteiger partial charge in [0, 0.05) is 15.4 Å². The monoisotopic (exact) mass is 379 g/mol. The normalized spacial score (nSPS) is 21.4. The smallest absolute Gasteiger partial charge is 0.0843 e. The molecule has 1 aromatic rings. The molecule has 0 amide bonds. The number of thiophene rings is 1. The van der Waals surface area contributed by atoms with Crippen LogP contribution in [-0.4, -0.2) is 7.05 Å². The van der Waals surface area contributed by atoms with Gasteiger partial charge in [0.05, 0.1) is 3.79 Å². The third-order valence-corrected chi connectivity index (χ3v) is 7.25. The van der Waals surface area contributed by atoms with E-state index in [2.05, 4.69) is 57.2 Å². The zero-order chi connectivity index (χ0) is 12.5. The fraction of sp³-hybridized carbons (Fsp3) is 0.692. The minimum Gasteiger partial charge on any atom is -0.312 e. The highest BCUT2D eigenvalue weighted by atomic mass is 79.9. The highest BCUT2D eigenvalue weighted by Gasteiger charge is 2.36. The van der Waals surface area contributed by atoms with Crippen LogP contribution < -0.4 is 5.32 Å². The molecular formula is C13H19Br2NS. The second kappa shape index (κ2) is 5.72. The summed E-state index contributed by atoms with van der Waals surface area (Å²) in [5.41, 5.74) is 0.413. The van der Waals surface area contributed by atoms with Gasteiger partial charge in [-0.15, -0.1) is 11.3 Å². The standard InChI is InChI=1S/C13H19Br2NS/c1-13(6-4-3-5-7-13)11(16-2)10-8-9(14)12(15)17-10/h8,11,16H,3-7H2,1-2H3. The lowest BCUT2D eigenvalue weighted by atomic mass is 9.70. The molecule has 1 N–H and O–H groups in total. The van der Waals surface area contributed by atoms with E-state index in [1.807, 2.05) is 11.3 Å². The zero-order valence-corrected chi connectivity index (χ0v) is 14.3. The van der Waals surface area contributed by atoms with Gasteiger partial charge in [-0.05, 0) is 63.2 Å². The van der Waals surface area contributed by atoms with Gasteiger partial charge in [-0.25, -0.2) is 0 Å². The first-order valence-corrected chi connectivity index (χ1v) is 8.59. The summed E-state index contributed by atoms with van der Waals surface area (Å²) in [5, 5.41) is 3.54. The third-order valence-electron chi connectivity index (χ3n) is 3.93. The summed E-state index contributed by atoms with van der Waals surface area (Å²) in [5.74, 6) is 0. The van der Waals surface area contributed by atoms with Gasteiger partial charge >= 0.3 is 0 Å². The van der Waals surface area contributed by atoms with Crippen LogP contribution in [0.1, 0.15) is 49.9 Å². The molecule has 0 aliphatic heterocycles. The number of hydrogen-bond acceptors (Lipinski definition) is 2. The first-order valence-electron chi connectivity index (χ1n) is 6.19. The SMILES string of the molecule is CNC(c1cc(Br)c(Br)s1)C1(C)CCCCC1. The van der Waals surface area contributed by atoms with Crippen LogP contribution in [0.2, 0.25) is 0 Å². The van der Waals surface area contributed by atoms with Crippen molar-refractivity contribution in [2.75, 3.05) is 7.05 Å². The van der Waals surface area contributed by atoms with Crippen LogP contribution in [0.3, 0.4) is 0 Å². The molecule has 0 aromatic carbocycles. The summed E-state index contributed by atoms with van der Waals surface area (Å²) >= 11 is 9.04. The van der Waals surface area contributed by atoms with Gasteiger partial charge in [-0.2, -0.15) is 0 Å². The number of nitrogens with one attached hydrogen (secondary N) is 1. The first kappa shape index (κ1) is 14.0. The van der Waals surface area contributed by atoms with E-state index in [-0.39, 0.29) is 0 Å². The molecule has 1 nitrogen and oxygen atoms in total. The second-order valence-electron chi connectivity index (χ2n) is 5.21. The van der Waals surface area contributed by atoms with Gasteiger partial charge in [0.1, 0.15) is 0 Å². The highest BCUT2D eigenvalue weighted by molar-refractivity contribution is 9.13. The van der Waals surface area contributed by atoms with E-state index in [0.29, 0.717) is 11.5 Å². The van der Waals surface area contributed by atoms with Crippen molar-refractivity contribution < 1.29 is 0 Å². The Balaban J connectivity index is 2.25. The minimum atomic E-state index is 0.413. The summed E-state index contributed by atoms with van der Waals surface area (Å²) in [7, 11) is 2.09. The van der Waals surface area contributed by atoms with Crippen LogP contribution >= 0.6 is 43.2 Å². The minimum absolute atomic E-state index is 0.413. The van der Waals surface area contributed by atoms with Crippen molar-refractivity contribution in [1.82, 2.24) is 5.32 Å². The van der Waals surface area contributed by atoms with Gasteiger partial charge < -0.3 is 5.32 Å². The Hall–Kier alpha value is 0.620. The third kappa shape index (κ3) is 2.96. The molecule has 96 valence electrons. The summed E-state index contributed by atoms with van der Waals surface area (Å²) in [6.45, 7) is 2.44. The Morgan fingerprint density at radius 1 is 1.29 bits per heavy atom. The fourth-order valence-corrected chi connectivity index (χ4v) is 5.36.